The van der Waals surface area contributed by atoms with E-state index in [2.05, 4.69) is 21.2 Å². The fourth-order valence-electron chi connectivity index (χ4n) is 2.74. The van der Waals surface area contributed by atoms with E-state index in [1.165, 1.54) is 0 Å². The number of nitrogens with one attached hydrogen (secondary N) is 1. The Kier molecular flexibility index (Phi) is 5.22. The lowest BCUT2D eigenvalue weighted by molar-refractivity contribution is -0.142. The number of nitrogen functional groups attached to an aromatic ring is 1. The maximum absolute atomic E-state index is 12.4. The van der Waals surface area contributed by atoms with Crippen LogP contribution in [0.25, 0.3) is 0 Å². The van der Waals surface area contributed by atoms with Gasteiger partial charge in [-0.05, 0) is 47.0 Å². The summed E-state index contributed by atoms with van der Waals surface area (Å²) < 4.78 is 0.648. The van der Waals surface area contributed by atoms with E-state index in [1.54, 1.807) is 18.2 Å². The molecule has 21 heavy (non-hydrogen) atoms. The summed E-state index contributed by atoms with van der Waals surface area (Å²) in [6.07, 6.45) is 4.15. The maximum atomic E-state index is 12.4. The summed E-state index contributed by atoms with van der Waals surface area (Å²) in [6, 6.07) is 4.68. The van der Waals surface area contributed by atoms with Gasteiger partial charge < -0.3 is 16.2 Å². The van der Waals surface area contributed by atoms with E-state index in [0.29, 0.717) is 28.6 Å². The minimum Gasteiger partial charge on any atom is -0.481 e. The number of carboxylic acid groups (broad SMARTS) is 1. The number of halogens is 1. The Morgan fingerprint density at radius 2 is 1.95 bits per heavy atom. The quantitative estimate of drug-likeness (QED) is 0.574. The van der Waals surface area contributed by atoms with Crippen LogP contribution < -0.4 is 11.1 Å². The Balaban J connectivity index is 2.16. The van der Waals surface area contributed by atoms with Gasteiger partial charge in [0.25, 0.3) is 5.91 Å². The summed E-state index contributed by atoms with van der Waals surface area (Å²) in [6.45, 7) is 0. The van der Waals surface area contributed by atoms with Gasteiger partial charge in [-0.1, -0.05) is 19.3 Å². The van der Waals surface area contributed by atoms with Crippen molar-refractivity contribution in [2.45, 2.75) is 38.1 Å². The molecule has 1 aromatic carbocycles. The minimum absolute atomic E-state index is 0.285. The number of amides is 1. The van der Waals surface area contributed by atoms with E-state index < -0.39 is 11.9 Å². The first kappa shape index (κ1) is 15.8. The SMILES string of the molecule is Nc1ccc(Br)c(C(=O)NC2CCCCCC2C(=O)O)c1. The third-order valence-electron chi connectivity index (χ3n) is 3.88. The molecule has 114 valence electrons. The number of carboxylic acids is 1. The predicted molar refractivity (Wildman–Crippen MR) is 84.0 cm³/mol. The molecular weight excluding hydrogens is 336 g/mol. The van der Waals surface area contributed by atoms with Gasteiger partial charge in [-0.2, -0.15) is 0 Å². The van der Waals surface area contributed by atoms with E-state index in [1.807, 2.05) is 0 Å². The normalized spacial score (nSPS) is 22.3. The van der Waals surface area contributed by atoms with Crippen molar-refractivity contribution in [3.63, 3.8) is 0 Å². The molecule has 1 fully saturated rings. The molecule has 2 atom stereocenters. The highest BCUT2D eigenvalue weighted by molar-refractivity contribution is 9.10. The molecule has 0 aliphatic heterocycles. The summed E-state index contributed by atoms with van der Waals surface area (Å²) in [7, 11) is 0. The average molecular weight is 355 g/mol. The summed E-state index contributed by atoms with van der Waals surface area (Å²) in [5.74, 6) is -1.64. The van der Waals surface area contributed by atoms with Crippen LogP contribution in [0, 0.1) is 5.92 Å². The molecule has 2 rings (SSSR count). The Morgan fingerprint density at radius 1 is 1.24 bits per heavy atom. The van der Waals surface area contributed by atoms with Crippen LogP contribution >= 0.6 is 15.9 Å². The van der Waals surface area contributed by atoms with Crippen LogP contribution in [0.5, 0.6) is 0 Å². The largest absolute Gasteiger partial charge is 0.481 e. The highest BCUT2D eigenvalue weighted by Gasteiger charge is 2.31. The fourth-order valence-corrected chi connectivity index (χ4v) is 3.17. The molecule has 0 saturated heterocycles. The molecule has 0 spiro atoms. The second kappa shape index (κ2) is 6.93. The molecule has 0 bridgehead atoms. The van der Waals surface area contributed by atoms with Gasteiger partial charge in [-0.25, -0.2) is 0 Å². The molecule has 4 N–H and O–H groups in total. The third-order valence-corrected chi connectivity index (χ3v) is 4.58. The van der Waals surface area contributed by atoms with Crippen molar-refractivity contribution in [3.05, 3.63) is 28.2 Å². The topological polar surface area (TPSA) is 92.4 Å². The van der Waals surface area contributed by atoms with Gasteiger partial charge in [0.2, 0.25) is 0 Å². The summed E-state index contributed by atoms with van der Waals surface area (Å²) >= 11 is 3.32. The van der Waals surface area contributed by atoms with Gasteiger partial charge >= 0.3 is 5.97 Å². The van der Waals surface area contributed by atoms with Crippen molar-refractivity contribution in [2.24, 2.45) is 5.92 Å². The molecular formula is C15H19BrN2O3. The van der Waals surface area contributed by atoms with Crippen LogP contribution in [0.15, 0.2) is 22.7 Å². The number of aliphatic carboxylic acids is 1. The molecule has 2 unspecified atom stereocenters. The minimum atomic E-state index is -0.839. The van der Waals surface area contributed by atoms with Crippen molar-refractivity contribution in [3.8, 4) is 0 Å². The van der Waals surface area contributed by atoms with Crippen molar-refractivity contribution in [1.29, 1.82) is 0 Å². The Morgan fingerprint density at radius 3 is 2.67 bits per heavy atom. The van der Waals surface area contributed by atoms with E-state index in [9.17, 15) is 14.7 Å². The van der Waals surface area contributed by atoms with Gasteiger partial charge in [0.1, 0.15) is 0 Å². The molecule has 0 heterocycles. The molecule has 5 nitrogen and oxygen atoms in total. The maximum Gasteiger partial charge on any atom is 0.308 e. The monoisotopic (exact) mass is 354 g/mol. The molecule has 1 aliphatic rings. The van der Waals surface area contributed by atoms with Gasteiger partial charge in [0, 0.05) is 16.2 Å². The predicted octanol–water partition coefficient (Wildman–Crippen LogP) is 2.79. The first-order valence-corrected chi connectivity index (χ1v) is 7.87. The summed E-state index contributed by atoms with van der Waals surface area (Å²) in [5, 5.41) is 12.2. The van der Waals surface area contributed by atoms with E-state index in [0.717, 1.165) is 19.3 Å². The standard InChI is InChI=1S/C15H19BrN2O3/c16-12-7-6-9(17)8-11(12)14(19)18-13-5-3-1-2-4-10(13)15(20)21/h6-8,10,13H,1-5,17H2,(H,18,19)(H,20,21). The number of hydrogen-bond acceptors (Lipinski definition) is 3. The number of nitrogens with two attached hydrogens (primary N) is 1. The Labute approximate surface area is 132 Å². The Bertz CT molecular complexity index is 548. The Hall–Kier alpha value is -1.56. The van der Waals surface area contributed by atoms with Gasteiger partial charge in [0.15, 0.2) is 0 Å². The molecule has 0 radical (unpaired) electrons. The van der Waals surface area contributed by atoms with Crippen molar-refractivity contribution in [1.82, 2.24) is 5.32 Å². The van der Waals surface area contributed by atoms with Crippen LogP contribution in [-0.4, -0.2) is 23.0 Å². The van der Waals surface area contributed by atoms with Crippen LogP contribution in [0.3, 0.4) is 0 Å². The number of carbonyl (C=O) groups excluding carboxylic acids is 1. The number of benzene rings is 1. The van der Waals surface area contributed by atoms with Gasteiger partial charge in [-0.3, -0.25) is 9.59 Å². The zero-order valence-electron chi connectivity index (χ0n) is 11.6. The van der Waals surface area contributed by atoms with Crippen LogP contribution in [-0.2, 0) is 4.79 Å². The molecule has 6 heteroatoms. The molecule has 1 aromatic rings. The van der Waals surface area contributed by atoms with Gasteiger partial charge in [-0.15, -0.1) is 0 Å². The zero-order chi connectivity index (χ0) is 15.4. The first-order chi connectivity index (χ1) is 9.99. The lowest BCUT2D eigenvalue weighted by Gasteiger charge is -2.23. The van der Waals surface area contributed by atoms with Crippen LogP contribution in [0.1, 0.15) is 42.5 Å². The summed E-state index contributed by atoms with van der Waals surface area (Å²) in [4.78, 5) is 23.8. The van der Waals surface area contributed by atoms with Crippen molar-refractivity contribution in [2.75, 3.05) is 5.73 Å². The first-order valence-electron chi connectivity index (χ1n) is 7.07. The van der Waals surface area contributed by atoms with Crippen LogP contribution in [0.4, 0.5) is 5.69 Å². The van der Waals surface area contributed by atoms with Crippen LogP contribution in [0.2, 0.25) is 0 Å². The molecule has 1 aliphatic carbocycles. The number of carbonyl (C=O) groups is 2. The van der Waals surface area contributed by atoms with E-state index in [4.69, 9.17) is 5.73 Å². The zero-order valence-corrected chi connectivity index (χ0v) is 13.2. The lowest BCUT2D eigenvalue weighted by atomic mass is 9.94. The van der Waals surface area contributed by atoms with Crippen molar-refractivity contribution >= 4 is 33.5 Å². The third kappa shape index (κ3) is 3.97. The summed E-state index contributed by atoms with van der Waals surface area (Å²) in [5.41, 5.74) is 6.64. The van der Waals surface area contributed by atoms with E-state index in [-0.39, 0.29) is 11.9 Å². The number of anilines is 1. The molecule has 1 saturated carbocycles. The highest BCUT2D eigenvalue weighted by Crippen LogP contribution is 2.25. The molecule has 1 amide bonds. The van der Waals surface area contributed by atoms with Gasteiger partial charge in [0.05, 0.1) is 11.5 Å². The lowest BCUT2D eigenvalue weighted by Crippen LogP contribution is -2.43. The molecule has 0 aromatic heterocycles. The smallest absolute Gasteiger partial charge is 0.308 e. The second-order valence-corrected chi connectivity index (χ2v) is 6.26. The van der Waals surface area contributed by atoms with E-state index >= 15 is 0 Å². The number of hydrogen-bond donors (Lipinski definition) is 3. The highest BCUT2D eigenvalue weighted by atomic mass is 79.9. The number of rotatable bonds is 3. The van der Waals surface area contributed by atoms with Crippen molar-refractivity contribution < 1.29 is 14.7 Å². The second-order valence-electron chi connectivity index (χ2n) is 5.40. The fraction of sp³-hybridized carbons (Fsp3) is 0.467. The average Bonchev–Trinajstić information content (AvgIpc) is 2.67.